The number of nitrogens with one attached hydrogen (secondary N) is 1. The Hall–Kier alpha value is -0.770. The fourth-order valence-corrected chi connectivity index (χ4v) is 2.18. The molecule has 0 bridgehead atoms. The van der Waals surface area contributed by atoms with Gasteiger partial charge in [-0.25, -0.2) is 0 Å². The van der Waals surface area contributed by atoms with E-state index in [0.717, 1.165) is 29.8 Å². The van der Waals surface area contributed by atoms with E-state index in [4.69, 9.17) is 22.4 Å². The maximum Gasteiger partial charge on any atom is 0.0624 e. The van der Waals surface area contributed by atoms with Crippen molar-refractivity contribution in [1.29, 1.82) is 0 Å². The first-order chi connectivity index (χ1) is 7.26. The van der Waals surface area contributed by atoms with Gasteiger partial charge in [0.25, 0.3) is 0 Å². The number of aliphatic hydroxyl groups excluding tert-OH is 1. The second-order valence-electron chi connectivity index (χ2n) is 3.81. The smallest absolute Gasteiger partial charge is 0.0624 e. The Morgan fingerprint density at radius 1 is 1.53 bits per heavy atom. The molecule has 3 nitrogen and oxygen atoms in total. The monoisotopic (exact) mass is 226 g/mol. The Bertz CT molecular complexity index is 368. The van der Waals surface area contributed by atoms with E-state index < -0.39 is 0 Å². The van der Waals surface area contributed by atoms with Crippen molar-refractivity contribution in [2.45, 2.75) is 18.3 Å². The molecule has 1 aliphatic heterocycles. The molecule has 0 saturated carbocycles. The molecule has 0 saturated heterocycles. The molecular formula is C11H15ClN2O. The summed E-state index contributed by atoms with van der Waals surface area (Å²) >= 11 is 5.89. The number of hydrogen-bond donors (Lipinski definition) is 3. The normalized spacial score (nSPS) is 15.9. The maximum atomic E-state index is 9.03. The van der Waals surface area contributed by atoms with Crippen molar-refractivity contribution in [1.82, 2.24) is 0 Å². The van der Waals surface area contributed by atoms with E-state index in [1.807, 2.05) is 6.07 Å². The molecule has 4 heteroatoms. The molecule has 1 unspecified atom stereocenters. The summed E-state index contributed by atoms with van der Waals surface area (Å²) in [5.74, 6) is 0.474. The minimum Gasteiger partial charge on any atom is -0.394 e. The average molecular weight is 227 g/mol. The van der Waals surface area contributed by atoms with E-state index >= 15 is 0 Å². The van der Waals surface area contributed by atoms with Gasteiger partial charge in [-0.15, -0.1) is 11.6 Å². The SMILES string of the molecule is NC(CO)c1cc(CCl)c2c(c1)CCN2. The number of nitrogens with two attached hydrogens (primary N) is 1. The average Bonchev–Trinajstić information content (AvgIpc) is 2.74. The van der Waals surface area contributed by atoms with Gasteiger partial charge in [0.1, 0.15) is 0 Å². The molecule has 1 aromatic rings. The van der Waals surface area contributed by atoms with Crippen molar-refractivity contribution in [3.05, 3.63) is 28.8 Å². The largest absolute Gasteiger partial charge is 0.394 e. The van der Waals surface area contributed by atoms with Crippen LogP contribution < -0.4 is 11.1 Å². The number of fused-ring (bicyclic) bond motifs is 1. The molecular weight excluding hydrogens is 212 g/mol. The van der Waals surface area contributed by atoms with Crippen LogP contribution >= 0.6 is 11.6 Å². The summed E-state index contributed by atoms with van der Waals surface area (Å²) in [7, 11) is 0. The first-order valence-electron chi connectivity index (χ1n) is 5.08. The zero-order valence-corrected chi connectivity index (χ0v) is 9.22. The number of hydrogen-bond acceptors (Lipinski definition) is 3. The van der Waals surface area contributed by atoms with E-state index in [0.29, 0.717) is 5.88 Å². The van der Waals surface area contributed by atoms with Gasteiger partial charge in [-0.3, -0.25) is 0 Å². The minimum atomic E-state index is -0.308. The van der Waals surface area contributed by atoms with Crippen LogP contribution in [-0.4, -0.2) is 18.3 Å². The second kappa shape index (κ2) is 4.39. The zero-order chi connectivity index (χ0) is 10.8. The number of aliphatic hydroxyl groups is 1. The van der Waals surface area contributed by atoms with Crippen molar-refractivity contribution >= 4 is 17.3 Å². The third kappa shape index (κ3) is 1.95. The summed E-state index contributed by atoms with van der Waals surface area (Å²) in [4.78, 5) is 0. The lowest BCUT2D eigenvalue weighted by molar-refractivity contribution is 0.268. The Balaban J connectivity index is 2.43. The molecule has 1 atom stereocenters. The standard InChI is InChI=1S/C11H15ClN2O/c12-5-9-4-8(10(13)6-15)3-7-1-2-14-11(7)9/h3-4,10,14-15H,1-2,5-6,13H2. The third-order valence-electron chi connectivity index (χ3n) is 2.79. The van der Waals surface area contributed by atoms with Gasteiger partial charge in [0.2, 0.25) is 0 Å². The highest BCUT2D eigenvalue weighted by molar-refractivity contribution is 6.17. The lowest BCUT2D eigenvalue weighted by Gasteiger charge is -2.13. The third-order valence-corrected chi connectivity index (χ3v) is 3.08. The Morgan fingerprint density at radius 3 is 3.00 bits per heavy atom. The fraction of sp³-hybridized carbons (Fsp3) is 0.455. The lowest BCUT2D eigenvalue weighted by Crippen LogP contribution is -2.15. The maximum absolute atomic E-state index is 9.03. The van der Waals surface area contributed by atoms with Crippen LogP contribution in [0, 0.1) is 0 Å². The molecule has 82 valence electrons. The van der Waals surface area contributed by atoms with Crippen LogP contribution in [0.4, 0.5) is 5.69 Å². The van der Waals surface area contributed by atoms with E-state index in [2.05, 4.69) is 11.4 Å². The number of benzene rings is 1. The molecule has 0 aromatic heterocycles. The molecule has 4 N–H and O–H groups in total. The zero-order valence-electron chi connectivity index (χ0n) is 8.46. The summed E-state index contributed by atoms with van der Waals surface area (Å²) in [5, 5.41) is 12.3. The highest BCUT2D eigenvalue weighted by Gasteiger charge is 2.17. The van der Waals surface area contributed by atoms with E-state index in [9.17, 15) is 0 Å². The molecule has 1 aliphatic rings. The van der Waals surface area contributed by atoms with Crippen molar-refractivity contribution < 1.29 is 5.11 Å². The molecule has 0 aliphatic carbocycles. The van der Waals surface area contributed by atoms with Crippen molar-refractivity contribution in [3.63, 3.8) is 0 Å². The van der Waals surface area contributed by atoms with Gasteiger partial charge in [0, 0.05) is 18.1 Å². The Kier molecular flexibility index (Phi) is 3.14. The minimum absolute atomic E-state index is 0.0338. The molecule has 0 radical (unpaired) electrons. The Morgan fingerprint density at radius 2 is 2.33 bits per heavy atom. The van der Waals surface area contributed by atoms with Crippen LogP contribution in [0.1, 0.15) is 22.7 Å². The van der Waals surface area contributed by atoms with Crippen molar-refractivity contribution in [3.8, 4) is 0 Å². The van der Waals surface area contributed by atoms with Gasteiger partial charge < -0.3 is 16.2 Å². The Labute approximate surface area is 94.2 Å². The first kappa shape index (κ1) is 10.7. The quantitative estimate of drug-likeness (QED) is 0.683. The molecule has 1 aromatic carbocycles. The predicted octanol–water partition coefficient (Wildman–Crippen LogP) is 1.39. The van der Waals surface area contributed by atoms with E-state index in [1.54, 1.807) is 0 Å². The molecule has 0 fully saturated rings. The van der Waals surface area contributed by atoms with Gasteiger partial charge >= 0.3 is 0 Å². The summed E-state index contributed by atoms with van der Waals surface area (Å²) < 4.78 is 0. The van der Waals surface area contributed by atoms with Crippen LogP contribution in [0.2, 0.25) is 0 Å². The second-order valence-corrected chi connectivity index (χ2v) is 4.08. The topological polar surface area (TPSA) is 58.3 Å². The summed E-state index contributed by atoms with van der Waals surface area (Å²) in [5.41, 5.74) is 10.2. The predicted molar refractivity (Wildman–Crippen MR) is 62.2 cm³/mol. The van der Waals surface area contributed by atoms with Crippen LogP contribution in [0.25, 0.3) is 0 Å². The van der Waals surface area contributed by atoms with Gasteiger partial charge in [-0.2, -0.15) is 0 Å². The van der Waals surface area contributed by atoms with Crippen LogP contribution in [0.3, 0.4) is 0 Å². The van der Waals surface area contributed by atoms with Crippen LogP contribution in [0.15, 0.2) is 12.1 Å². The first-order valence-corrected chi connectivity index (χ1v) is 5.61. The molecule has 0 spiro atoms. The molecule has 15 heavy (non-hydrogen) atoms. The van der Waals surface area contributed by atoms with Crippen LogP contribution in [-0.2, 0) is 12.3 Å². The summed E-state index contributed by atoms with van der Waals surface area (Å²) in [6.45, 7) is 0.922. The van der Waals surface area contributed by atoms with Gasteiger partial charge in [0.05, 0.1) is 12.6 Å². The molecule has 1 heterocycles. The fourth-order valence-electron chi connectivity index (χ4n) is 1.97. The van der Waals surface area contributed by atoms with Gasteiger partial charge in [-0.05, 0) is 23.1 Å². The van der Waals surface area contributed by atoms with Gasteiger partial charge in [0.15, 0.2) is 0 Å². The van der Waals surface area contributed by atoms with Crippen molar-refractivity contribution in [2.75, 3.05) is 18.5 Å². The van der Waals surface area contributed by atoms with E-state index in [1.165, 1.54) is 5.56 Å². The highest BCUT2D eigenvalue weighted by Crippen LogP contribution is 2.30. The summed E-state index contributed by atoms with van der Waals surface area (Å²) in [6.07, 6.45) is 1.01. The molecule has 0 amide bonds. The van der Waals surface area contributed by atoms with Gasteiger partial charge in [-0.1, -0.05) is 12.1 Å². The number of anilines is 1. The highest BCUT2D eigenvalue weighted by atomic mass is 35.5. The van der Waals surface area contributed by atoms with E-state index in [-0.39, 0.29) is 12.6 Å². The summed E-state index contributed by atoms with van der Waals surface area (Å²) in [6, 6.07) is 3.73. The number of halogens is 1. The lowest BCUT2D eigenvalue weighted by atomic mass is 9.99. The number of rotatable bonds is 3. The van der Waals surface area contributed by atoms with Crippen molar-refractivity contribution in [2.24, 2.45) is 5.73 Å². The number of alkyl halides is 1. The van der Waals surface area contributed by atoms with Crippen LogP contribution in [0.5, 0.6) is 0 Å². The molecule has 2 rings (SSSR count).